The quantitative estimate of drug-likeness (QED) is 0.432. The Morgan fingerprint density at radius 3 is 2.30 bits per heavy atom. The largest absolute Gasteiger partial charge is 0.496 e. The predicted molar refractivity (Wildman–Crippen MR) is 114 cm³/mol. The lowest BCUT2D eigenvalue weighted by Crippen LogP contribution is -2.02. The molecule has 0 aliphatic heterocycles. The van der Waals surface area contributed by atoms with Crippen molar-refractivity contribution < 1.29 is 14.3 Å². The summed E-state index contributed by atoms with van der Waals surface area (Å²) in [5, 5.41) is 0. The number of hydrogen-bond acceptors (Lipinski definition) is 3. The molecule has 0 spiro atoms. The van der Waals surface area contributed by atoms with E-state index in [9.17, 15) is 4.79 Å². The number of allylic oxidation sites excluding steroid dienone is 4. The summed E-state index contributed by atoms with van der Waals surface area (Å²) in [5.74, 6) is 2.57. The molecule has 0 unspecified atom stereocenters. The maximum Gasteiger partial charge on any atom is 0.137 e. The summed E-state index contributed by atoms with van der Waals surface area (Å²) >= 11 is 0. The van der Waals surface area contributed by atoms with Gasteiger partial charge in [0.15, 0.2) is 0 Å². The van der Waals surface area contributed by atoms with Crippen molar-refractivity contribution >= 4 is 5.78 Å². The third-order valence-corrected chi connectivity index (χ3v) is 4.61. The maximum atomic E-state index is 11.9. The average molecular weight is 373 g/mol. The first-order valence-corrected chi connectivity index (χ1v) is 9.81. The van der Waals surface area contributed by atoms with Crippen LogP contribution in [-0.2, 0) is 11.2 Å². The molecule has 0 N–H and O–H groups in total. The molecule has 1 aromatic carbocycles. The predicted octanol–water partition coefficient (Wildman–Crippen LogP) is 6.23. The van der Waals surface area contributed by atoms with Crippen molar-refractivity contribution in [2.24, 2.45) is 5.92 Å². The fourth-order valence-electron chi connectivity index (χ4n) is 3.12. The standard InChI is InChI=1S/C24H36O3/c1-17(2)13-22(25)14-19(4)10-8-9-18(3)11-12-21-16-23(26-6)20(5)15-24(21)27-7/h10-11,15-17H,8-9,12-14H2,1-7H3/b18-11+,19-10+. The average Bonchev–Trinajstić information content (AvgIpc) is 2.59. The minimum atomic E-state index is 0.339. The number of benzene rings is 1. The second kappa shape index (κ2) is 11.6. The van der Waals surface area contributed by atoms with Crippen LogP contribution in [0.3, 0.4) is 0 Å². The number of carbonyl (C=O) groups is 1. The first-order chi connectivity index (χ1) is 12.8. The van der Waals surface area contributed by atoms with Gasteiger partial charge in [-0.2, -0.15) is 0 Å². The lowest BCUT2D eigenvalue weighted by atomic mass is 10.0. The number of hydrogen-bond donors (Lipinski definition) is 0. The van der Waals surface area contributed by atoms with Crippen molar-refractivity contribution in [3.05, 3.63) is 46.6 Å². The molecule has 1 rings (SSSR count). The highest BCUT2D eigenvalue weighted by Crippen LogP contribution is 2.29. The van der Waals surface area contributed by atoms with Gasteiger partial charge in [-0.3, -0.25) is 4.79 Å². The molecule has 1 aromatic rings. The lowest BCUT2D eigenvalue weighted by Gasteiger charge is -2.12. The van der Waals surface area contributed by atoms with Crippen molar-refractivity contribution in [2.45, 2.75) is 66.7 Å². The number of ketones is 1. The highest BCUT2D eigenvalue weighted by Gasteiger charge is 2.08. The van der Waals surface area contributed by atoms with Gasteiger partial charge in [-0.15, -0.1) is 0 Å². The van der Waals surface area contributed by atoms with Gasteiger partial charge in [-0.25, -0.2) is 0 Å². The Hall–Kier alpha value is -2.03. The Morgan fingerprint density at radius 1 is 1.04 bits per heavy atom. The Morgan fingerprint density at radius 2 is 1.70 bits per heavy atom. The first kappa shape index (κ1) is 23.0. The van der Waals surface area contributed by atoms with E-state index in [1.807, 2.05) is 13.0 Å². The maximum absolute atomic E-state index is 11.9. The minimum absolute atomic E-state index is 0.339. The van der Waals surface area contributed by atoms with E-state index >= 15 is 0 Å². The van der Waals surface area contributed by atoms with E-state index in [2.05, 4.69) is 45.9 Å². The zero-order valence-corrected chi connectivity index (χ0v) is 18.1. The molecule has 0 aromatic heterocycles. The van der Waals surface area contributed by atoms with Crippen LogP contribution >= 0.6 is 0 Å². The summed E-state index contributed by atoms with van der Waals surface area (Å²) in [7, 11) is 3.40. The Labute approximate surface area is 165 Å². The summed E-state index contributed by atoms with van der Waals surface area (Å²) in [5.41, 5.74) is 4.73. The van der Waals surface area contributed by atoms with E-state index < -0.39 is 0 Å². The third-order valence-electron chi connectivity index (χ3n) is 4.61. The molecule has 0 aliphatic carbocycles. The fourth-order valence-corrected chi connectivity index (χ4v) is 3.12. The summed E-state index contributed by atoms with van der Waals surface area (Å²) in [4.78, 5) is 11.9. The van der Waals surface area contributed by atoms with E-state index in [0.29, 0.717) is 24.5 Å². The highest BCUT2D eigenvalue weighted by molar-refractivity contribution is 5.80. The highest BCUT2D eigenvalue weighted by atomic mass is 16.5. The zero-order chi connectivity index (χ0) is 20.4. The van der Waals surface area contributed by atoms with Crippen LogP contribution in [0.25, 0.3) is 0 Å². The lowest BCUT2D eigenvalue weighted by molar-refractivity contribution is -0.119. The van der Waals surface area contributed by atoms with Crippen LogP contribution in [0, 0.1) is 12.8 Å². The van der Waals surface area contributed by atoms with Gasteiger partial charge >= 0.3 is 0 Å². The van der Waals surface area contributed by atoms with Gasteiger partial charge in [0.25, 0.3) is 0 Å². The molecule has 150 valence electrons. The summed E-state index contributed by atoms with van der Waals surface area (Å²) < 4.78 is 10.9. The Kier molecular flexibility index (Phi) is 9.92. The molecule has 0 heterocycles. The molecular formula is C24H36O3. The Balaban J connectivity index is 2.61. The molecular weight excluding hydrogens is 336 g/mol. The summed E-state index contributed by atoms with van der Waals surface area (Å²) in [6.45, 7) is 10.4. The molecule has 0 radical (unpaired) electrons. The normalized spacial score (nSPS) is 12.4. The van der Waals surface area contributed by atoms with Gasteiger partial charge in [-0.1, -0.05) is 37.1 Å². The van der Waals surface area contributed by atoms with Gasteiger partial charge in [0, 0.05) is 18.4 Å². The second-order valence-electron chi connectivity index (χ2n) is 7.79. The van der Waals surface area contributed by atoms with Crippen LogP contribution in [0.2, 0.25) is 0 Å². The molecule has 0 amide bonds. The number of methoxy groups -OCH3 is 2. The Bertz CT molecular complexity index is 681. The molecule has 0 saturated carbocycles. The van der Waals surface area contributed by atoms with Crippen LogP contribution < -0.4 is 9.47 Å². The monoisotopic (exact) mass is 372 g/mol. The fraction of sp³-hybridized carbons (Fsp3) is 0.542. The van der Waals surface area contributed by atoms with Crippen LogP contribution in [0.5, 0.6) is 11.5 Å². The molecule has 0 atom stereocenters. The zero-order valence-electron chi connectivity index (χ0n) is 18.1. The van der Waals surface area contributed by atoms with Gasteiger partial charge < -0.3 is 9.47 Å². The van der Waals surface area contributed by atoms with Crippen molar-refractivity contribution in [2.75, 3.05) is 14.2 Å². The van der Waals surface area contributed by atoms with Gasteiger partial charge in [0.05, 0.1) is 14.2 Å². The molecule has 0 fully saturated rings. The van der Waals surface area contributed by atoms with E-state index in [4.69, 9.17) is 9.47 Å². The third kappa shape index (κ3) is 8.47. The van der Waals surface area contributed by atoms with Crippen LogP contribution in [-0.4, -0.2) is 20.0 Å². The molecule has 27 heavy (non-hydrogen) atoms. The molecule has 3 nitrogen and oxygen atoms in total. The molecule has 3 heteroatoms. The van der Waals surface area contributed by atoms with Crippen molar-refractivity contribution in [1.82, 2.24) is 0 Å². The molecule has 0 saturated heterocycles. The SMILES string of the molecule is COc1cc(C/C=C(\C)CC/C=C(\C)CC(=O)CC(C)C)c(OC)cc1C. The van der Waals surface area contributed by atoms with Crippen LogP contribution in [0.1, 0.15) is 64.5 Å². The van der Waals surface area contributed by atoms with Gasteiger partial charge in [0.2, 0.25) is 0 Å². The summed E-state index contributed by atoms with van der Waals surface area (Å²) in [6, 6.07) is 4.08. The van der Waals surface area contributed by atoms with Crippen molar-refractivity contribution in [1.29, 1.82) is 0 Å². The van der Waals surface area contributed by atoms with Crippen molar-refractivity contribution in [3.8, 4) is 11.5 Å². The first-order valence-electron chi connectivity index (χ1n) is 9.81. The van der Waals surface area contributed by atoms with E-state index in [0.717, 1.165) is 41.9 Å². The number of carbonyl (C=O) groups excluding carboxylic acids is 1. The summed E-state index contributed by atoms with van der Waals surface area (Å²) in [6.07, 6.45) is 8.50. The van der Waals surface area contributed by atoms with E-state index in [1.54, 1.807) is 14.2 Å². The number of aryl methyl sites for hydroxylation is 1. The van der Waals surface area contributed by atoms with Gasteiger partial charge in [-0.05, 0) is 63.6 Å². The number of Topliss-reactive ketones (excluding diaryl/α,β-unsaturated/α-hetero) is 1. The smallest absolute Gasteiger partial charge is 0.137 e. The van der Waals surface area contributed by atoms with Crippen LogP contribution in [0.4, 0.5) is 0 Å². The van der Waals surface area contributed by atoms with Crippen molar-refractivity contribution in [3.63, 3.8) is 0 Å². The van der Waals surface area contributed by atoms with E-state index in [1.165, 1.54) is 11.1 Å². The van der Waals surface area contributed by atoms with Gasteiger partial charge in [0.1, 0.15) is 17.3 Å². The van der Waals surface area contributed by atoms with Crippen LogP contribution in [0.15, 0.2) is 35.4 Å². The van der Waals surface area contributed by atoms with E-state index in [-0.39, 0.29) is 0 Å². The topological polar surface area (TPSA) is 35.5 Å². The number of ether oxygens (including phenoxy) is 2. The molecule has 0 bridgehead atoms. The second-order valence-corrected chi connectivity index (χ2v) is 7.79. The minimum Gasteiger partial charge on any atom is -0.496 e. The number of rotatable bonds is 11. The molecule has 0 aliphatic rings.